The molecule has 1 aliphatic rings. The number of benzene rings is 1. The quantitative estimate of drug-likeness (QED) is 0.357. The largest absolute Gasteiger partial charge is 0.493 e. The second-order valence-electron chi connectivity index (χ2n) is 8.32. The van der Waals surface area contributed by atoms with Crippen molar-refractivity contribution in [3.8, 4) is 11.5 Å². The van der Waals surface area contributed by atoms with E-state index in [-0.39, 0.29) is 0 Å². The topological polar surface area (TPSA) is 61.4 Å². The molecule has 0 spiro atoms. The van der Waals surface area contributed by atoms with E-state index in [9.17, 15) is 0 Å². The number of guanidine groups is 1. The fraction of sp³-hybridized carbons (Fsp3) is 0.720. The Kier molecular flexibility index (Phi) is 12.3. The number of hydrogen-bond acceptors (Lipinski definition) is 5. The van der Waals surface area contributed by atoms with E-state index in [0.717, 1.165) is 75.1 Å². The number of methoxy groups -OCH3 is 1. The third kappa shape index (κ3) is 8.87. The summed E-state index contributed by atoms with van der Waals surface area (Å²) in [5, 5.41) is 7.02. The highest BCUT2D eigenvalue weighted by Gasteiger charge is 2.19. The highest BCUT2D eigenvalue weighted by Crippen LogP contribution is 2.28. The molecule has 182 valence electrons. The molecule has 32 heavy (non-hydrogen) atoms. The first-order chi connectivity index (χ1) is 15.6. The SMILES string of the molecule is CCCN1CCC(NC(=NCc2ccc(OCCN(CC)CC)c(OC)c2)NCC)CC1. The van der Waals surface area contributed by atoms with Crippen molar-refractivity contribution in [3.63, 3.8) is 0 Å². The van der Waals surface area contributed by atoms with Crippen molar-refractivity contribution in [2.45, 2.75) is 59.5 Å². The number of nitrogens with one attached hydrogen (secondary N) is 2. The zero-order valence-electron chi connectivity index (χ0n) is 21.0. The van der Waals surface area contributed by atoms with Gasteiger partial charge in [-0.15, -0.1) is 0 Å². The molecular formula is C25H45N5O2. The summed E-state index contributed by atoms with van der Waals surface area (Å²) in [6.07, 6.45) is 3.56. The lowest BCUT2D eigenvalue weighted by Crippen LogP contribution is -2.48. The molecule has 0 saturated carbocycles. The Morgan fingerprint density at radius 3 is 2.50 bits per heavy atom. The van der Waals surface area contributed by atoms with E-state index < -0.39 is 0 Å². The van der Waals surface area contributed by atoms with Crippen LogP contribution in [-0.2, 0) is 6.54 Å². The summed E-state index contributed by atoms with van der Waals surface area (Å²) in [4.78, 5) is 9.72. The van der Waals surface area contributed by atoms with Crippen LogP contribution >= 0.6 is 0 Å². The van der Waals surface area contributed by atoms with Crippen LogP contribution in [0, 0.1) is 0 Å². The Bertz CT molecular complexity index is 670. The fourth-order valence-corrected chi connectivity index (χ4v) is 4.05. The van der Waals surface area contributed by atoms with E-state index in [2.05, 4.69) is 54.2 Å². The van der Waals surface area contributed by atoms with Gasteiger partial charge in [0.05, 0.1) is 13.7 Å². The van der Waals surface area contributed by atoms with E-state index in [1.54, 1.807) is 7.11 Å². The van der Waals surface area contributed by atoms with Crippen LogP contribution in [0.4, 0.5) is 0 Å². The summed E-state index contributed by atoms with van der Waals surface area (Å²) >= 11 is 0. The van der Waals surface area contributed by atoms with Crippen LogP contribution in [0.15, 0.2) is 23.2 Å². The number of piperidine rings is 1. The lowest BCUT2D eigenvalue weighted by atomic mass is 10.1. The van der Waals surface area contributed by atoms with Crippen LogP contribution in [-0.4, -0.2) is 81.3 Å². The second kappa shape index (κ2) is 15.0. The van der Waals surface area contributed by atoms with Crippen LogP contribution in [0.5, 0.6) is 11.5 Å². The van der Waals surface area contributed by atoms with Crippen molar-refractivity contribution in [1.82, 2.24) is 20.4 Å². The molecule has 0 aliphatic carbocycles. The maximum Gasteiger partial charge on any atom is 0.191 e. The number of aliphatic imine (C=N–C) groups is 1. The number of rotatable bonds is 13. The van der Waals surface area contributed by atoms with Gasteiger partial charge >= 0.3 is 0 Å². The van der Waals surface area contributed by atoms with E-state index in [1.807, 2.05) is 12.1 Å². The molecule has 0 amide bonds. The van der Waals surface area contributed by atoms with Crippen LogP contribution in [0.3, 0.4) is 0 Å². The van der Waals surface area contributed by atoms with Gasteiger partial charge in [0, 0.05) is 32.2 Å². The predicted molar refractivity (Wildman–Crippen MR) is 134 cm³/mol. The summed E-state index contributed by atoms with van der Waals surface area (Å²) in [7, 11) is 1.69. The first kappa shape index (κ1) is 26.3. The number of ether oxygens (including phenoxy) is 2. The minimum absolute atomic E-state index is 0.483. The van der Waals surface area contributed by atoms with Crippen molar-refractivity contribution in [2.24, 2.45) is 4.99 Å². The molecule has 1 aromatic carbocycles. The second-order valence-corrected chi connectivity index (χ2v) is 8.32. The molecule has 0 aromatic heterocycles. The van der Waals surface area contributed by atoms with Gasteiger partial charge in [0.2, 0.25) is 0 Å². The maximum absolute atomic E-state index is 5.98. The fourth-order valence-electron chi connectivity index (χ4n) is 4.05. The molecule has 0 unspecified atom stereocenters. The molecule has 1 aromatic rings. The molecule has 2 rings (SSSR count). The minimum Gasteiger partial charge on any atom is -0.493 e. The molecule has 0 atom stereocenters. The van der Waals surface area contributed by atoms with Crippen molar-refractivity contribution in [2.75, 3.05) is 59.5 Å². The highest BCUT2D eigenvalue weighted by atomic mass is 16.5. The number of hydrogen-bond donors (Lipinski definition) is 2. The van der Waals surface area contributed by atoms with Gasteiger partial charge in [0.1, 0.15) is 6.61 Å². The van der Waals surface area contributed by atoms with Crippen LogP contribution < -0.4 is 20.1 Å². The predicted octanol–water partition coefficient (Wildman–Crippen LogP) is 3.35. The van der Waals surface area contributed by atoms with Gasteiger partial charge in [-0.2, -0.15) is 0 Å². The Morgan fingerprint density at radius 1 is 1.12 bits per heavy atom. The van der Waals surface area contributed by atoms with Crippen LogP contribution in [0.2, 0.25) is 0 Å². The standard InChI is InChI=1S/C25H45N5O2/c1-6-14-30-15-12-22(13-16-30)28-25(26-7-2)27-20-21-10-11-23(24(19-21)31-5)32-18-17-29(8-3)9-4/h10-11,19,22H,6-9,12-18,20H2,1-5H3,(H2,26,27,28). The lowest BCUT2D eigenvalue weighted by Gasteiger charge is -2.32. The van der Waals surface area contributed by atoms with Gasteiger partial charge < -0.3 is 29.9 Å². The van der Waals surface area contributed by atoms with Crippen molar-refractivity contribution < 1.29 is 9.47 Å². The average molecular weight is 448 g/mol. The molecule has 0 radical (unpaired) electrons. The van der Waals surface area contributed by atoms with Gasteiger partial charge in [-0.1, -0.05) is 26.8 Å². The Labute approximate surface area is 195 Å². The average Bonchev–Trinajstić information content (AvgIpc) is 2.82. The first-order valence-electron chi connectivity index (χ1n) is 12.4. The third-order valence-electron chi connectivity index (χ3n) is 6.02. The molecule has 0 bridgehead atoms. The van der Waals surface area contributed by atoms with Crippen LogP contribution in [0.25, 0.3) is 0 Å². The van der Waals surface area contributed by atoms with Crippen LogP contribution in [0.1, 0.15) is 52.5 Å². The number of likely N-dealkylation sites (tertiary alicyclic amines) is 1. The van der Waals surface area contributed by atoms with E-state index in [0.29, 0.717) is 19.2 Å². The molecule has 1 aliphatic heterocycles. The van der Waals surface area contributed by atoms with Crippen molar-refractivity contribution in [1.29, 1.82) is 0 Å². The zero-order valence-corrected chi connectivity index (χ0v) is 21.0. The van der Waals surface area contributed by atoms with Crippen molar-refractivity contribution in [3.05, 3.63) is 23.8 Å². The number of nitrogens with zero attached hydrogens (tertiary/aromatic N) is 3. The summed E-state index contributed by atoms with van der Waals surface area (Å²) in [6, 6.07) is 6.58. The maximum atomic E-state index is 5.98. The smallest absolute Gasteiger partial charge is 0.191 e. The zero-order chi connectivity index (χ0) is 23.2. The van der Waals surface area contributed by atoms with E-state index in [1.165, 1.54) is 13.0 Å². The van der Waals surface area contributed by atoms with E-state index >= 15 is 0 Å². The summed E-state index contributed by atoms with van der Waals surface area (Å²) in [6.45, 7) is 17.3. The Morgan fingerprint density at radius 2 is 1.88 bits per heavy atom. The monoisotopic (exact) mass is 447 g/mol. The van der Waals surface area contributed by atoms with Gasteiger partial charge in [-0.3, -0.25) is 0 Å². The lowest BCUT2D eigenvalue weighted by molar-refractivity contribution is 0.206. The minimum atomic E-state index is 0.483. The molecule has 1 saturated heterocycles. The third-order valence-corrected chi connectivity index (χ3v) is 6.02. The van der Waals surface area contributed by atoms with Gasteiger partial charge in [-0.25, -0.2) is 4.99 Å². The van der Waals surface area contributed by atoms with Gasteiger partial charge in [-0.05, 0) is 63.5 Å². The van der Waals surface area contributed by atoms with Gasteiger partial charge in [0.15, 0.2) is 17.5 Å². The van der Waals surface area contributed by atoms with Crippen molar-refractivity contribution >= 4 is 5.96 Å². The number of likely N-dealkylation sites (N-methyl/N-ethyl adjacent to an activating group) is 1. The molecule has 7 heteroatoms. The molecule has 7 nitrogen and oxygen atoms in total. The van der Waals surface area contributed by atoms with Gasteiger partial charge in [0.25, 0.3) is 0 Å². The molecule has 1 fully saturated rings. The molecular weight excluding hydrogens is 402 g/mol. The molecule has 1 heterocycles. The normalized spacial score (nSPS) is 15.8. The first-order valence-corrected chi connectivity index (χ1v) is 12.4. The van der Waals surface area contributed by atoms with E-state index in [4.69, 9.17) is 14.5 Å². The Hall–Kier alpha value is -1.99. The highest BCUT2D eigenvalue weighted by molar-refractivity contribution is 5.80. The summed E-state index contributed by atoms with van der Waals surface area (Å²) in [5.74, 6) is 2.44. The molecule has 2 N–H and O–H groups in total. The summed E-state index contributed by atoms with van der Waals surface area (Å²) in [5.41, 5.74) is 1.10. The Balaban J connectivity index is 1.92. The summed E-state index contributed by atoms with van der Waals surface area (Å²) < 4.78 is 11.6.